The van der Waals surface area contributed by atoms with Crippen molar-refractivity contribution in [1.29, 1.82) is 0 Å². The molecular formula is C20H24N2O2. The Bertz CT molecular complexity index is 664. The van der Waals surface area contributed by atoms with Gasteiger partial charge in [-0.25, -0.2) is 0 Å². The van der Waals surface area contributed by atoms with Gasteiger partial charge >= 0.3 is 0 Å². The zero-order chi connectivity index (χ0) is 17.4. The SMILES string of the molecule is CC(C)CCNC(=O)c1ccc(C(=O)NCc2ccccc2)cc1. The minimum absolute atomic E-state index is 0.105. The van der Waals surface area contributed by atoms with Crippen molar-refractivity contribution in [2.45, 2.75) is 26.8 Å². The Balaban J connectivity index is 1.86. The van der Waals surface area contributed by atoms with Crippen LogP contribution in [0.2, 0.25) is 0 Å². The van der Waals surface area contributed by atoms with Gasteiger partial charge in [-0.1, -0.05) is 44.2 Å². The van der Waals surface area contributed by atoms with Crippen LogP contribution in [0.25, 0.3) is 0 Å². The highest BCUT2D eigenvalue weighted by Gasteiger charge is 2.09. The molecule has 0 aliphatic rings. The third-order valence-electron chi connectivity index (χ3n) is 3.71. The smallest absolute Gasteiger partial charge is 0.251 e. The molecule has 0 heterocycles. The van der Waals surface area contributed by atoms with Gasteiger partial charge in [-0.05, 0) is 42.2 Å². The summed E-state index contributed by atoms with van der Waals surface area (Å²) in [6, 6.07) is 16.5. The summed E-state index contributed by atoms with van der Waals surface area (Å²) in [5, 5.41) is 5.76. The van der Waals surface area contributed by atoms with Crippen molar-refractivity contribution >= 4 is 11.8 Å². The fourth-order valence-electron chi connectivity index (χ4n) is 2.23. The molecule has 0 aromatic heterocycles. The van der Waals surface area contributed by atoms with E-state index in [1.165, 1.54) is 0 Å². The maximum atomic E-state index is 12.1. The summed E-state index contributed by atoms with van der Waals surface area (Å²) < 4.78 is 0. The standard InChI is InChI=1S/C20H24N2O2/c1-15(2)12-13-21-19(23)17-8-10-18(11-9-17)20(24)22-14-16-6-4-3-5-7-16/h3-11,15H,12-14H2,1-2H3,(H,21,23)(H,22,24). The van der Waals surface area contributed by atoms with Crippen molar-refractivity contribution in [2.75, 3.05) is 6.54 Å². The van der Waals surface area contributed by atoms with Crippen LogP contribution in [0.4, 0.5) is 0 Å². The molecule has 2 amide bonds. The first-order valence-electron chi connectivity index (χ1n) is 8.26. The summed E-state index contributed by atoms with van der Waals surface area (Å²) in [6.07, 6.45) is 0.950. The minimum Gasteiger partial charge on any atom is -0.352 e. The molecule has 0 radical (unpaired) electrons. The molecule has 0 fully saturated rings. The van der Waals surface area contributed by atoms with Crippen molar-refractivity contribution in [2.24, 2.45) is 5.92 Å². The van der Waals surface area contributed by atoms with Gasteiger partial charge in [0.1, 0.15) is 0 Å². The lowest BCUT2D eigenvalue weighted by Gasteiger charge is -2.08. The first-order chi connectivity index (χ1) is 11.6. The van der Waals surface area contributed by atoms with Crippen LogP contribution in [0.1, 0.15) is 46.5 Å². The summed E-state index contributed by atoms with van der Waals surface area (Å²) in [4.78, 5) is 24.1. The topological polar surface area (TPSA) is 58.2 Å². The summed E-state index contributed by atoms with van der Waals surface area (Å²) in [7, 11) is 0. The number of amides is 2. The summed E-state index contributed by atoms with van der Waals surface area (Å²) in [6.45, 7) is 5.39. The number of carbonyl (C=O) groups excluding carboxylic acids is 2. The first kappa shape index (κ1) is 17.7. The average Bonchev–Trinajstić information content (AvgIpc) is 2.60. The molecule has 0 bridgehead atoms. The molecule has 0 atom stereocenters. The van der Waals surface area contributed by atoms with Crippen LogP contribution in [0, 0.1) is 5.92 Å². The summed E-state index contributed by atoms with van der Waals surface area (Å²) >= 11 is 0. The molecule has 0 saturated carbocycles. The van der Waals surface area contributed by atoms with Gasteiger partial charge in [-0.15, -0.1) is 0 Å². The third kappa shape index (κ3) is 5.54. The molecule has 0 aliphatic heterocycles. The van der Waals surface area contributed by atoms with Crippen molar-refractivity contribution < 1.29 is 9.59 Å². The van der Waals surface area contributed by atoms with Crippen LogP contribution in [0.5, 0.6) is 0 Å². The summed E-state index contributed by atoms with van der Waals surface area (Å²) in [5.41, 5.74) is 2.16. The fraction of sp³-hybridized carbons (Fsp3) is 0.300. The zero-order valence-corrected chi connectivity index (χ0v) is 14.2. The Morgan fingerprint density at radius 1 is 0.833 bits per heavy atom. The van der Waals surface area contributed by atoms with Crippen molar-refractivity contribution in [3.8, 4) is 0 Å². The van der Waals surface area contributed by atoms with Crippen LogP contribution in [0.3, 0.4) is 0 Å². The number of hydrogen-bond acceptors (Lipinski definition) is 2. The van der Waals surface area contributed by atoms with E-state index in [0.29, 0.717) is 30.1 Å². The predicted molar refractivity (Wildman–Crippen MR) is 95.8 cm³/mol. The van der Waals surface area contributed by atoms with Crippen LogP contribution in [-0.2, 0) is 6.54 Å². The normalized spacial score (nSPS) is 10.5. The van der Waals surface area contributed by atoms with Gasteiger partial charge < -0.3 is 10.6 Å². The van der Waals surface area contributed by atoms with Crippen LogP contribution in [-0.4, -0.2) is 18.4 Å². The molecule has 0 spiro atoms. The molecule has 2 N–H and O–H groups in total. The van der Waals surface area contributed by atoms with Gasteiger partial charge in [-0.2, -0.15) is 0 Å². The van der Waals surface area contributed by atoms with Crippen LogP contribution < -0.4 is 10.6 Å². The largest absolute Gasteiger partial charge is 0.352 e. The first-order valence-corrected chi connectivity index (χ1v) is 8.26. The van der Waals surface area contributed by atoms with Gasteiger partial charge in [0.05, 0.1) is 0 Å². The highest BCUT2D eigenvalue weighted by molar-refractivity contribution is 5.97. The molecule has 0 aliphatic carbocycles. The second-order valence-corrected chi connectivity index (χ2v) is 6.18. The number of benzene rings is 2. The van der Waals surface area contributed by atoms with Gasteiger partial charge in [0, 0.05) is 24.2 Å². The van der Waals surface area contributed by atoms with E-state index in [1.807, 2.05) is 30.3 Å². The molecule has 4 heteroatoms. The van der Waals surface area contributed by atoms with E-state index in [2.05, 4.69) is 24.5 Å². The van der Waals surface area contributed by atoms with E-state index in [0.717, 1.165) is 12.0 Å². The highest BCUT2D eigenvalue weighted by Crippen LogP contribution is 2.06. The van der Waals surface area contributed by atoms with Crippen molar-refractivity contribution in [3.63, 3.8) is 0 Å². The number of carbonyl (C=O) groups is 2. The molecule has 0 saturated heterocycles. The van der Waals surface area contributed by atoms with Crippen LogP contribution >= 0.6 is 0 Å². The molecule has 2 rings (SSSR count). The summed E-state index contributed by atoms with van der Waals surface area (Å²) in [5.74, 6) is 0.304. The molecular weight excluding hydrogens is 300 g/mol. The molecule has 24 heavy (non-hydrogen) atoms. The van der Waals surface area contributed by atoms with Gasteiger partial charge in [0.15, 0.2) is 0 Å². The fourth-order valence-corrected chi connectivity index (χ4v) is 2.23. The molecule has 0 unspecified atom stereocenters. The van der Waals surface area contributed by atoms with Gasteiger partial charge in [0.2, 0.25) is 0 Å². The lowest BCUT2D eigenvalue weighted by atomic mass is 10.1. The maximum Gasteiger partial charge on any atom is 0.251 e. The second kappa shape index (κ2) is 8.87. The van der Waals surface area contributed by atoms with Crippen molar-refractivity contribution in [3.05, 3.63) is 71.3 Å². The third-order valence-corrected chi connectivity index (χ3v) is 3.71. The van der Waals surface area contributed by atoms with Gasteiger partial charge in [0.25, 0.3) is 11.8 Å². The van der Waals surface area contributed by atoms with Gasteiger partial charge in [-0.3, -0.25) is 9.59 Å². The Kier molecular flexibility index (Phi) is 6.55. The van der Waals surface area contributed by atoms with Crippen molar-refractivity contribution in [1.82, 2.24) is 10.6 Å². The quantitative estimate of drug-likeness (QED) is 0.820. The monoisotopic (exact) mass is 324 g/mol. The second-order valence-electron chi connectivity index (χ2n) is 6.18. The number of rotatable bonds is 7. The average molecular weight is 324 g/mol. The predicted octanol–water partition coefficient (Wildman–Crippen LogP) is 3.39. The molecule has 2 aromatic carbocycles. The van der Waals surface area contributed by atoms with E-state index in [4.69, 9.17) is 0 Å². The number of hydrogen-bond donors (Lipinski definition) is 2. The van der Waals surface area contributed by atoms with Crippen LogP contribution in [0.15, 0.2) is 54.6 Å². The lowest BCUT2D eigenvalue weighted by Crippen LogP contribution is -2.26. The Morgan fingerprint density at radius 2 is 1.38 bits per heavy atom. The maximum absolute atomic E-state index is 12.1. The van der Waals surface area contributed by atoms with E-state index < -0.39 is 0 Å². The molecule has 4 nitrogen and oxygen atoms in total. The Morgan fingerprint density at radius 3 is 1.92 bits per heavy atom. The van der Waals surface area contributed by atoms with E-state index in [-0.39, 0.29) is 11.8 Å². The highest BCUT2D eigenvalue weighted by atomic mass is 16.2. The zero-order valence-electron chi connectivity index (χ0n) is 14.2. The van der Waals surface area contributed by atoms with E-state index >= 15 is 0 Å². The Labute approximate surface area is 143 Å². The minimum atomic E-state index is -0.148. The molecule has 126 valence electrons. The molecule has 2 aromatic rings. The lowest BCUT2D eigenvalue weighted by molar-refractivity contribution is 0.0939. The van der Waals surface area contributed by atoms with E-state index in [9.17, 15) is 9.59 Å². The van der Waals surface area contributed by atoms with E-state index in [1.54, 1.807) is 24.3 Å². The number of nitrogens with one attached hydrogen (secondary N) is 2. The Hall–Kier alpha value is -2.62.